The zero-order valence-corrected chi connectivity index (χ0v) is 18.0. The zero-order valence-electron chi connectivity index (χ0n) is 18.0. The number of methoxy groups -OCH3 is 1. The van der Waals surface area contributed by atoms with Crippen LogP contribution >= 0.6 is 0 Å². The van der Waals surface area contributed by atoms with Gasteiger partial charge in [-0.05, 0) is 81.5 Å². The molecule has 0 aromatic heterocycles. The Morgan fingerprint density at radius 3 is 2.46 bits per heavy atom. The van der Waals surface area contributed by atoms with E-state index in [1.807, 2.05) is 7.11 Å². The molecule has 4 rings (SSSR count). The van der Waals surface area contributed by atoms with Gasteiger partial charge in [0, 0.05) is 26.4 Å². The summed E-state index contributed by atoms with van der Waals surface area (Å²) in [5.41, 5.74) is 3.33. The second-order valence-electron chi connectivity index (χ2n) is 10.1. The van der Waals surface area contributed by atoms with E-state index in [0.29, 0.717) is 23.5 Å². The minimum atomic E-state index is -0.168. The van der Waals surface area contributed by atoms with Gasteiger partial charge in [-0.2, -0.15) is 0 Å². The van der Waals surface area contributed by atoms with Crippen molar-refractivity contribution in [2.24, 2.45) is 29.1 Å². The quantitative estimate of drug-likeness (QED) is 0.512. The van der Waals surface area contributed by atoms with E-state index in [-0.39, 0.29) is 29.5 Å². The number of rotatable bonds is 3. The van der Waals surface area contributed by atoms with Gasteiger partial charge in [0.2, 0.25) is 0 Å². The summed E-state index contributed by atoms with van der Waals surface area (Å²) >= 11 is 0. The fraction of sp³-hybridized carbons (Fsp3) is 0.833. The maximum atomic E-state index is 12.3. The van der Waals surface area contributed by atoms with E-state index in [0.717, 1.165) is 38.5 Å². The Bertz CT molecular complexity index is 680. The highest BCUT2D eigenvalue weighted by atomic mass is 16.5. The largest absolute Gasteiger partial charge is 0.462 e. The van der Waals surface area contributed by atoms with Gasteiger partial charge in [-0.1, -0.05) is 18.1 Å². The summed E-state index contributed by atoms with van der Waals surface area (Å²) in [5.74, 6) is 2.37. The Balaban J connectivity index is 1.63. The van der Waals surface area contributed by atoms with Crippen molar-refractivity contribution in [2.75, 3.05) is 7.11 Å². The Hall–Kier alpha value is -1.16. The summed E-state index contributed by atoms with van der Waals surface area (Å²) < 4.78 is 11.5. The molecule has 0 heterocycles. The van der Waals surface area contributed by atoms with Gasteiger partial charge in [-0.3, -0.25) is 9.59 Å². The lowest BCUT2D eigenvalue weighted by Crippen LogP contribution is -2.44. The Kier molecular flexibility index (Phi) is 5.45. The summed E-state index contributed by atoms with van der Waals surface area (Å²) in [6.07, 6.45) is 9.90. The molecule has 0 unspecified atom stereocenters. The highest BCUT2D eigenvalue weighted by Gasteiger charge is 2.56. The topological polar surface area (TPSA) is 52.6 Å². The van der Waals surface area contributed by atoms with Crippen molar-refractivity contribution in [3.05, 3.63) is 11.1 Å². The van der Waals surface area contributed by atoms with Crippen molar-refractivity contribution < 1.29 is 19.1 Å². The molecule has 0 bridgehead atoms. The molecule has 4 heteroatoms. The monoisotopic (exact) mass is 388 g/mol. The number of ether oxygens (including phenoxy) is 2. The first-order valence-corrected chi connectivity index (χ1v) is 11.2. The maximum Gasteiger partial charge on any atom is 0.302 e. The zero-order chi connectivity index (χ0) is 20.1. The standard InChI is InChI=1S/C24H36O4/c1-14(25)22-7-8-23-21-13-18(27-4)12-16-11-17(28-15(2)26)5-6-19(16)20(21)9-10-24(22,23)3/h17-18,20-23H,5-13H2,1-4H3/t17-,18-,20+,21+,22+,23-,24+/m0/s1. The van der Waals surface area contributed by atoms with Crippen molar-refractivity contribution in [1.82, 2.24) is 0 Å². The van der Waals surface area contributed by atoms with Gasteiger partial charge in [0.25, 0.3) is 0 Å². The molecular weight excluding hydrogens is 352 g/mol. The van der Waals surface area contributed by atoms with Crippen LogP contribution in [-0.4, -0.2) is 31.1 Å². The van der Waals surface area contributed by atoms with Crippen molar-refractivity contribution >= 4 is 11.8 Å². The van der Waals surface area contributed by atoms with Crippen LogP contribution in [0.4, 0.5) is 0 Å². The van der Waals surface area contributed by atoms with E-state index >= 15 is 0 Å². The fourth-order valence-electron chi connectivity index (χ4n) is 7.56. The third-order valence-electron chi connectivity index (χ3n) is 8.71. The molecule has 0 radical (unpaired) electrons. The van der Waals surface area contributed by atoms with Crippen LogP contribution in [0.25, 0.3) is 0 Å². The van der Waals surface area contributed by atoms with Crippen molar-refractivity contribution in [3.8, 4) is 0 Å². The summed E-state index contributed by atoms with van der Waals surface area (Å²) in [6, 6.07) is 0. The molecule has 2 saturated carbocycles. The SMILES string of the molecule is CO[C@H]1CC2=C(CC[C@H](OC(C)=O)C2)[C@H]2CC[C@]3(C)[C@@H](C(C)=O)CC[C@H]3[C@@H]2C1. The average molecular weight is 389 g/mol. The van der Waals surface area contributed by atoms with Gasteiger partial charge in [-0.15, -0.1) is 0 Å². The molecule has 0 aromatic carbocycles. The van der Waals surface area contributed by atoms with Gasteiger partial charge in [0.1, 0.15) is 11.9 Å². The summed E-state index contributed by atoms with van der Waals surface area (Å²) in [6.45, 7) is 5.71. The third-order valence-corrected chi connectivity index (χ3v) is 8.71. The van der Waals surface area contributed by atoms with E-state index in [4.69, 9.17) is 9.47 Å². The van der Waals surface area contributed by atoms with Crippen LogP contribution in [0.5, 0.6) is 0 Å². The average Bonchev–Trinajstić information content (AvgIpc) is 2.90. The van der Waals surface area contributed by atoms with Crippen LogP contribution in [0.3, 0.4) is 0 Å². The van der Waals surface area contributed by atoms with E-state index in [1.165, 1.54) is 31.8 Å². The second kappa shape index (κ2) is 7.59. The van der Waals surface area contributed by atoms with Crippen LogP contribution in [0.15, 0.2) is 11.1 Å². The molecule has 7 atom stereocenters. The molecule has 28 heavy (non-hydrogen) atoms. The van der Waals surface area contributed by atoms with E-state index < -0.39 is 0 Å². The van der Waals surface area contributed by atoms with Crippen molar-refractivity contribution in [1.29, 1.82) is 0 Å². The molecule has 0 saturated heterocycles. The van der Waals surface area contributed by atoms with Gasteiger partial charge in [0.15, 0.2) is 0 Å². The number of allylic oxidation sites excluding steroid dienone is 1. The number of hydrogen-bond donors (Lipinski definition) is 0. The van der Waals surface area contributed by atoms with E-state index in [2.05, 4.69) is 6.92 Å². The Morgan fingerprint density at radius 2 is 1.79 bits per heavy atom. The molecule has 156 valence electrons. The molecule has 0 amide bonds. The van der Waals surface area contributed by atoms with E-state index in [1.54, 1.807) is 12.5 Å². The highest BCUT2D eigenvalue weighted by molar-refractivity contribution is 5.79. The molecule has 4 aliphatic carbocycles. The lowest BCUT2D eigenvalue weighted by atomic mass is 9.55. The number of fused-ring (bicyclic) bond motifs is 4. The first kappa shape index (κ1) is 20.1. The summed E-state index contributed by atoms with van der Waals surface area (Å²) in [4.78, 5) is 23.8. The predicted molar refractivity (Wildman–Crippen MR) is 108 cm³/mol. The van der Waals surface area contributed by atoms with Gasteiger partial charge < -0.3 is 9.47 Å². The smallest absolute Gasteiger partial charge is 0.302 e. The number of carbonyl (C=O) groups excluding carboxylic acids is 2. The first-order chi connectivity index (χ1) is 13.3. The van der Waals surface area contributed by atoms with Gasteiger partial charge >= 0.3 is 5.97 Å². The first-order valence-electron chi connectivity index (χ1n) is 11.2. The highest BCUT2D eigenvalue weighted by Crippen LogP contribution is 2.62. The van der Waals surface area contributed by atoms with Crippen LogP contribution in [0.2, 0.25) is 0 Å². The number of hydrogen-bond acceptors (Lipinski definition) is 4. The predicted octanol–water partition coefficient (Wildman–Crippen LogP) is 4.86. The maximum absolute atomic E-state index is 12.3. The normalized spacial score (nSPS) is 42.9. The van der Waals surface area contributed by atoms with Crippen LogP contribution in [0, 0.1) is 29.1 Å². The lowest BCUT2D eigenvalue weighted by Gasteiger charge is -2.49. The van der Waals surface area contributed by atoms with Crippen LogP contribution in [-0.2, 0) is 19.1 Å². The van der Waals surface area contributed by atoms with E-state index in [9.17, 15) is 9.59 Å². The molecule has 2 fully saturated rings. The molecule has 0 spiro atoms. The molecule has 0 N–H and O–H groups in total. The molecule has 0 aromatic rings. The van der Waals surface area contributed by atoms with Crippen LogP contribution < -0.4 is 0 Å². The Morgan fingerprint density at radius 1 is 1.04 bits per heavy atom. The number of carbonyl (C=O) groups is 2. The number of esters is 1. The summed E-state index contributed by atoms with van der Waals surface area (Å²) in [5, 5.41) is 0. The summed E-state index contributed by atoms with van der Waals surface area (Å²) in [7, 11) is 1.84. The van der Waals surface area contributed by atoms with Gasteiger partial charge in [0.05, 0.1) is 6.10 Å². The van der Waals surface area contributed by atoms with Crippen molar-refractivity contribution in [2.45, 2.75) is 90.8 Å². The van der Waals surface area contributed by atoms with Crippen LogP contribution in [0.1, 0.15) is 78.6 Å². The minimum absolute atomic E-state index is 0.0349. The van der Waals surface area contributed by atoms with Gasteiger partial charge in [-0.25, -0.2) is 0 Å². The molecule has 4 aliphatic rings. The molecule has 4 nitrogen and oxygen atoms in total. The fourth-order valence-corrected chi connectivity index (χ4v) is 7.56. The number of Topliss-reactive ketones (excluding diaryl/α,β-unsaturated/α-hetero) is 1. The minimum Gasteiger partial charge on any atom is -0.462 e. The molecular formula is C24H36O4. The Labute approximate surface area is 169 Å². The number of ketones is 1. The van der Waals surface area contributed by atoms with Crippen molar-refractivity contribution in [3.63, 3.8) is 0 Å². The molecule has 0 aliphatic heterocycles. The lowest BCUT2D eigenvalue weighted by molar-refractivity contribution is -0.146. The third kappa shape index (κ3) is 3.36. The second-order valence-corrected chi connectivity index (χ2v) is 10.1.